The standard InChI is InChI=1S/C12H15N5O/c1-13-12-15-8-10(17(12)3)11(18)16(2)9-5-4-6-14-7-9/h4-8H,1-3H3,(H,13,15). The van der Waals surface area contributed by atoms with Crippen LogP contribution in [0.5, 0.6) is 0 Å². The van der Waals surface area contributed by atoms with Gasteiger partial charge in [0, 0.05) is 27.3 Å². The maximum Gasteiger partial charge on any atom is 0.276 e. The molecule has 0 aliphatic rings. The number of anilines is 2. The summed E-state index contributed by atoms with van der Waals surface area (Å²) in [6.45, 7) is 0. The van der Waals surface area contributed by atoms with Crippen molar-refractivity contribution in [1.82, 2.24) is 14.5 Å². The molecule has 0 aliphatic heterocycles. The van der Waals surface area contributed by atoms with Crippen LogP contribution in [0.2, 0.25) is 0 Å². The number of rotatable bonds is 3. The lowest BCUT2D eigenvalue weighted by Crippen LogP contribution is -2.28. The molecule has 2 aromatic rings. The van der Waals surface area contributed by atoms with E-state index in [1.807, 2.05) is 6.07 Å². The highest BCUT2D eigenvalue weighted by Crippen LogP contribution is 2.15. The molecule has 0 aliphatic carbocycles. The van der Waals surface area contributed by atoms with E-state index in [4.69, 9.17) is 0 Å². The van der Waals surface area contributed by atoms with E-state index in [1.165, 1.54) is 0 Å². The molecule has 0 spiro atoms. The molecule has 2 rings (SSSR count). The van der Waals surface area contributed by atoms with Crippen molar-refractivity contribution in [1.29, 1.82) is 0 Å². The van der Waals surface area contributed by atoms with Gasteiger partial charge in [-0.2, -0.15) is 0 Å². The molecule has 6 heteroatoms. The molecule has 2 heterocycles. The highest BCUT2D eigenvalue weighted by atomic mass is 16.2. The van der Waals surface area contributed by atoms with Crippen molar-refractivity contribution in [2.45, 2.75) is 0 Å². The van der Waals surface area contributed by atoms with Crippen LogP contribution in [0.4, 0.5) is 11.6 Å². The van der Waals surface area contributed by atoms with Crippen LogP contribution in [0.15, 0.2) is 30.7 Å². The van der Waals surface area contributed by atoms with Gasteiger partial charge in [0.1, 0.15) is 5.69 Å². The number of nitrogens with one attached hydrogen (secondary N) is 1. The van der Waals surface area contributed by atoms with Gasteiger partial charge in [0.15, 0.2) is 0 Å². The second-order valence-corrected chi connectivity index (χ2v) is 3.85. The average Bonchev–Trinajstić information content (AvgIpc) is 2.79. The normalized spacial score (nSPS) is 10.2. The van der Waals surface area contributed by atoms with Gasteiger partial charge in [-0.3, -0.25) is 9.78 Å². The third-order valence-electron chi connectivity index (χ3n) is 2.77. The van der Waals surface area contributed by atoms with Crippen molar-refractivity contribution >= 4 is 17.5 Å². The van der Waals surface area contributed by atoms with Crippen LogP contribution in [0.3, 0.4) is 0 Å². The minimum absolute atomic E-state index is 0.125. The lowest BCUT2D eigenvalue weighted by Gasteiger charge is -2.16. The molecule has 94 valence electrons. The molecule has 0 radical (unpaired) electrons. The summed E-state index contributed by atoms with van der Waals surface area (Å²) >= 11 is 0. The molecule has 18 heavy (non-hydrogen) atoms. The van der Waals surface area contributed by atoms with Gasteiger partial charge in [0.2, 0.25) is 5.95 Å². The molecule has 0 bridgehead atoms. The Kier molecular flexibility index (Phi) is 3.27. The molecule has 0 fully saturated rings. The van der Waals surface area contributed by atoms with Gasteiger partial charge in [0.05, 0.1) is 18.1 Å². The first-order chi connectivity index (χ1) is 8.65. The number of imidazole rings is 1. The Morgan fingerprint density at radius 3 is 2.78 bits per heavy atom. The zero-order valence-corrected chi connectivity index (χ0v) is 10.6. The van der Waals surface area contributed by atoms with Gasteiger partial charge >= 0.3 is 0 Å². The first kappa shape index (κ1) is 12.1. The van der Waals surface area contributed by atoms with Crippen LogP contribution in [0.1, 0.15) is 10.5 Å². The molecular formula is C12H15N5O. The Morgan fingerprint density at radius 2 is 2.22 bits per heavy atom. The van der Waals surface area contributed by atoms with E-state index in [1.54, 1.807) is 55.3 Å². The first-order valence-electron chi connectivity index (χ1n) is 5.52. The summed E-state index contributed by atoms with van der Waals surface area (Å²) in [5.74, 6) is 0.525. The summed E-state index contributed by atoms with van der Waals surface area (Å²) in [4.78, 5) is 22.0. The highest BCUT2D eigenvalue weighted by Gasteiger charge is 2.18. The monoisotopic (exact) mass is 245 g/mol. The van der Waals surface area contributed by atoms with E-state index in [0.29, 0.717) is 11.6 Å². The lowest BCUT2D eigenvalue weighted by molar-refractivity contribution is 0.0985. The molecule has 0 atom stereocenters. The third kappa shape index (κ3) is 2.04. The Balaban J connectivity index is 2.29. The lowest BCUT2D eigenvalue weighted by atomic mass is 10.3. The summed E-state index contributed by atoms with van der Waals surface area (Å²) in [5.41, 5.74) is 1.26. The van der Waals surface area contributed by atoms with Crippen molar-refractivity contribution in [3.8, 4) is 0 Å². The smallest absolute Gasteiger partial charge is 0.276 e. The number of pyridine rings is 1. The number of nitrogens with zero attached hydrogens (tertiary/aromatic N) is 4. The SMILES string of the molecule is CNc1ncc(C(=O)N(C)c2cccnc2)n1C. The quantitative estimate of drug-likeness (QED) is 0.880. The average molecular weight is 245 g/mol. The number of amides is 1. The maximum atomic E-state index is 12.3. The molecule has 6 nitrogen and oxygen atoms in total. The van der Waals surface area contributed by atoms with Crippen molar-refractivity contribution < 1.29 is 4.79 Å². The van der Waals surface area contributed by atoms with E-state index in [2.05, 4.69) is 15.3 Å². The van der Waals surface area contributed by atoms with Gasteiger partial charge in [-0.05, 0) is 12.1 Å². The van der Waals surface area contributed by atoms with E-state index in [9.17, 15) is 4.79 Å². The number of carbonyl (C=O) groups excluding carboxylic acids is 1. The molecule has 0 saturated heterocycles. The van der Waals surface area contributed by atoms with E-state index < -0.39 is 0 Å². The summed E-state index contributed by atoms with van der Waals surface area (Å²) in [6.07, 6.45) is 4.87. The summed E-state index contributed by atoms with van der Waals surface area (Å²) in [6, 6.07) is 3.63. The Bertz CT molecular complexity index is 549. The van der Waals surface area contributed by atoms with Crippen LogP contribution in [0.25, 0.3) is 0 Å². The number of hydrogen-bond acceptors (Lipinski definition) is 4. The minimum Gasteiger partial charge on any atom is -0.359 e. The molecule has 0 unspecified atom stereocenters. The Hall–Kier alpha value is -2.37. The zero-order valence-electron chi connectivity index (χ0n) is 10.6. The fraction of sp³-hybridized carbons (Fsp3) is 0.250. The fourth-order valence-electron chi connectivity index (χ4n) is 1.68. The van der Waals surface area contributed by atoms with E-state index in [-0.39, 0.29) is 5.91 Å². The van der Waals surface area contributed by atoms with Crippen LogP contribution >= 0.6 is 0 Å². The van der Waals surface area contributed by atoms with Crippen LogP contribution in [0, 0.1) is 0 Å². The van der Waals surface area contributed by atoms with Crippen LogP contribution < -0.4 is 10.2 Å². The minimum atomic E-state index is -0.125. The molecule has 2 aromatic heterocycles. The topological polar surface area (TPSA) is 63.1 Å². The number of hydrogen-bond donors (Lipinski definition) is 1. The summed E-state index contributed by atoms with van der Waals surface area (Å²) in [5, 5.41) is 2.92. The van der Waals surface area contributed by atoms with Crippen molar-refractivity contribution in [2.75, 3.05) is 24.3 Å². The predicted octanol–water partition coefficient (Wildman–Crippen LogP) is 1.13. The van der Waals surface area contributed by atoms with Gasteiger partial charge in [0.25, 0.3) is 5.91 Å². The van der Waals surface area contributed by atoms with Crippen molar-refractivity contribution in [2.24, 2.45) is 7.05 Å². The molecule has 0 aromatic carbocycles. The highest BCUT2D eigenvalue weighted by molar-refractivity contribution is 6.04. The third-order valence-corrected chi connectivity index (χ3v) is 2.77. The molecule has 1 amide bonds. The first-order valence-corrected chi connectivity index (χ1v) is 5.52. The molecule has 1 N–H and O–H groups in total. The number of carbonyl (C=O) groups is 1. The molecular weight excluding hydrogens is 230 g/mol. The second kappa shape index (κ2) is 4.87. The fourth-order valence-corrected chi connectivity index (χ4v) is 1.68. The summed E-state index contributed by atoms with van der Waals surface area (Å²) in [7, 11) is 5.27. The Labute approximate surface area is 105 Å². The summed E-state index contributed by atoms with van der Waals surface area (Å²) < 4.78 is 1.72. The molecule has 0 saturated carbocycles. The van der Waals surface area contributed by atoms with Crippen LogP contribution in [-0.4, -0.2) is 34.5 Å². The predicted molar refractivity (Wildman–Crippen MR) is 69.7 cm³/mol. The number of aromatic nitrogens is 3. The maximum absolute atomic E-state index is 12.3. The largest absolute Gasteiger partial charge is 0.359 e. The van der Waals surface area contributed by atoms with Crippen molar-refractivity contribution in [3.05, 3.63) is 36.4 Å². The van der Waals surface area contributed by atoms with E-state index >= 15 is 0 Å². The Morgan fingerprint density at radius 1 is 1.44 bits per heavy atom. The van der Waals surface area contributed by atoms with Crippen molar-refractivity contribution in [3.63, 3.8) is 0 Å². The second-order valence-electron chi connectivity index (χ2n) is 3.85. The van der Waals surface area contributed by atoms with Crippen LogP contribution in [-0.2, 0) is 7.05 Å². The van der Waals surface area contributed by atoms with E-state index in [0.717, 1.165) is 5.69 Å². The van der Waals surface area contributed by atoms with Gasteiger partial charge in [-0.15, -0.1) is 0 Å². The van der Waals surface area contributed by atoms with Gasteiger partial charge in [-0.1, -0.05) is 0 Å². The van der Waals surface area contributed by atoms with Gasteiger partial charge in [-0.25, -0.2) is 4.98 Å². The van der Waals surface area contributed by atoms with Gasteiger partial charge < -0.3 is 14.8 Å². The zero-order chi connectivity index (χ0) is 13.1.